The van der Waals surface area contributed by atoms with E-state index in [1.54, 1.807) is 26.0 Å². The van der Waals surface area contributed by atoms with Crippen LogP contribution in [0.25, 0.3) is 11.1 Å². The van der Waals surface area contributed by atoms with Crippen molar-refractivity contribution in [1.82, 2.24) is 0 Å². The number of rotatable bonds is 11. The van der Waals surface area contributed by atoms with E-state index in [4.69, 9.17) is 28.4 Å². The SMILES string of the molecule is Cc1cc2c(cc1-c1cc3c(cc1C)C([C@@H]1O[C@H](CO)[C@@H](O)[C@H](O)[C@H]1O)c1cccc(O[C@@H]4O[C@H](CO)[C@@H](O)[C@H](O)[C@H]4O)c1C3=O)C(=O)c1c(O[C@@H]3O[C@H](CO)[C@@H](O)[C@H](O)[C@H]3O)cccc1C2[C@@H]1O[C@H](CO)[C@@H](O)[C@H](O)[C@H]1O. The van der Waals surface area contributed by atoms with Crippen LogP contribution in [0.4, 0.5) is 0 Å². The Balaban J connectivity index is 1.12. The van der Waals surface area contributed by atoms with Crippen LogP contribution in [0.15, 0.2) is 60.7 Å². The number of aryl methyl sites for hydroxylation is 2. The second-order valence-corrected chi connectivity index (χ2v) is 20.8. The fraction of sp³-hybridized carbons (Fsp3) is 0.519. The van der Waals surface area contributed by atoms with Crippen molar-refractivity contribution in [3.05, 3.63) is 116 Å². The van der Waals surface area contributed by atoms with Crippen LogP contribution in [0.3, 0.4) is 0 Å². The van der Waals surface area contributed by atoms with Crippen LogP contribution < -0.4 is 9.47 Å². The van der Waals surface area contributed by atoms with E-state index in [0.717, 1.165) is 0 Å². The van der Waals surface area contributed by atoms with Gasteiger partial charge in [0.05, 0.1) is 49.8 Å². The zero-order valence-electron chi connectivity index (χ0n) is 41.7. The Kier molecular flexibility index (Phi) is 15.8. The highest BCUT2D eigenvalue weighted by molar-refractivity contribution is 6.16. The first kappa shape index (κ1) is 56.3. The second kappa shape index (κ2) is 21.8. The lowest BCUT2D eigenvalue weighted by Crippen LogP contribution is -2.60. The molecule has 0 bridgehead atoms. The number of aliphatic hydroxyl groups is 16. The van der Waals surface area contributed by atoms with Crippen molar-refractivity contribution in [2.24, 2.45) is 0 Å². The van der Waals surface area contributed by atoms with Gasteiger partial charge in [-0.25, -0.2) is 0 Å². The fourth-order valence-corrected chi connectivity index (χ4v) is 11.9. The lowest BCUT2D eigenvalue weighted by molar-refractivity contribution is -0.277. The van der Waals surface area contributed by atoms with E-state index in [9.17, 15) is 81.7 Å². The molecule has 4 saturated heterocycles. The van der Waals surface area contributed by atoms with Crippen LogP contribution in [0, 0.1) is 13.8 Å². The summed E-state index contributed by atoms with van der Waals surface area (Å²) < 4.78 is 35.8. The number of ether oxygens (including phenoxy) is 6. The molecular formula is C54H62O24. The number of hydrogen-bond acceptors (Lipinski definition) is 24. The van der Waals surface area contributed by atoms with Crippen LogP contribution in [0.1, 0.15) is 77.1 Å². The van der Waals surface area contributed by atoms with Crippen molar-refractivity contribution in [3.8, 4) is 22.6 Å². The van der Waals surface area contributed by atoms with Gasteiger partial charge in [0.1, 0.15) is 109 Å². The molecule has 4 fully saturated rings. The van der Waals surface area contributed by atoms with E-state index >= 15 is 9.59 Å². The van der Waals surface area contributed by atoms with Crippen LogP contribution in [0.5, 0.6) is 11.5 Å². The minimum Gasteiger partial charge on any atom is -0.461 e. The molecule has 4 aliphatic heterocycles. The maximum absolute atomic E-state index is 15.3. The summed E-state index contributed by atoms with van der Waals surface area (Å²) in [5.41, 5.74) is 1.97. The molecule has 0 aromatic heterocycles. The molecule has 2 unspecified atom stereocenters. The van der Waals surface area contributed by atoms with Crippen LogP contribution in [-0.4, -0.2) is 242 Å². The van der Waals surface area contributed by atoms with Gasteiger partial charge in [-0.05, 0) is 82.6 Å². The zero-order chi connectivity index (χ0) is 56.1. The van der Waals surface area contributed by atoms with Gasteiger partial charge in [-0.3, -0.25) is 9.59 Å². The van der Waals surface area contributed by atoms with Gasteiger partial charge in [0.2, 0.25) is 12.6 Å². The van der Waals surface area contributed by atoms with E-state index in [0.29, 0.717) is 22.3 Å². The molecular weight excluding hydrogens is 1030 g/mol. The van der Waals surface area contributed by atoms with Gasteiger partial charge in [0.25, 0.3) is 0 Å². The Morgan fingerprint density at radius 3 is 1.04 bits per heavy atom. The molecule has 10 rings (SSSR count). The maximum atomic E-state index is 15.3. The molecule has 22 atom stereocenters. The van der Waals surface area contributed by atoms with Gasteiger partial charge in [-0.15, -0.1) is 0 Å². The predicted molar refractivity (Wildman–Crippen MR) is 261 cm³/mol. The average molecular weight is 1100 g/mol. The number of fused-ring (bicyclic) bond motifs is 4. The molecule has 0 saturated carbocycles. The van der Waals surface area contributed by atoms with E-state index in [1.807, 2.05) is 0 Å². The first-order valence-electron chi connectivity index (χ1n) is 25.4. The summed E-state index contributed by atoms with van der Waals surface area (Å²) in [7, 11) is 0. The summed E-state index contributed by atoms with van der Waals surface area (Å²) in [6, 6.07) is 14.9. The summed E-state index contributed by atoms with van der Waals surface area (Å²) in [6.45, 7) is 0.221. The second-order valence-electron chi connectivity index (χ2n) is 20.8. The molecule has 16 N–H and O–H groups in total. The lowest BCUT2D eigenvalue weighted by atomic mass is 9.69. The number of carbonyl (C=O) groups is 2. The van der Waals surface area contributed by atoms with E-state index in [-0.39, 0.29) is 56.0 Å². The number of aliphatic hydroxyl groups excluding tert-OH is 16. The minimum absolute atomic E-state index is 0.0434. The third kappa shape index (κ3) is 9.16. The highest BCUT2D eigenvalue weighted by Crippen LogP contribution is 2.51. The van der Waals surface area contributed by atoms with Crippen LogP contribution in [-0.2, 0) is 18.9 Å². The normalized spacial score (nSPS) is 38.4. The van der Waals surface area contributed by atoms with Gasteiger partial charge in [0, 0.05) is 23.0 Å². The third-order valence-electron chi connectivity index (χ3n) is 16.2. The largest absolute Gasteiger partial charge is 0.461 e. The smallest absolute Gasteiger partial charge is 0.229 e. The Bertz CT molecular complexity index is 2720. The monoisotopic (exact) mass is 1090 g/mol. The summed E-state index contributed by atoms with van der Waals surface area (Å²) in [5.74, 6) is -4.26. The molecule has 0 radical (unpaired) electrons. The molecule has 4 heterocycles. The number of carbonyl (C=O) groups excluding carboxylic acids is 2. The number of benzene rings is 4. The fourth-order valence-electron chi connectivity index (χ4n) is 11.9. The van der Waals surface area contributed by atoms with Crippen molar-refractivity contribution in [3.63, 3.8) is 0 Å². The first-order valence-corrected chi connectivity index (χ1v) is 25.4. The van der Waals surface area contributed by atoms with Crippen molar-refractivity contribution in [2.45, 2.75) is 148 Å². The Labute approximate surface area is 443 Å². The average Bonchev–Trinajstić information content (AvgIpc) is 3.44. The summed E-state index contributed by atoms with van der Waals surface area (Å²) >= 11 is 0. The lowest BCUT2D eigenvalue weighted by Gasteiger charge is -2.45. The summed E-state index contributed by atoms with van der Waals surface area (Å²) in [6.07, 6.45) is -34.0. The van der Waals surface area contributed by atoms with E-state index in [1.165, 1.54) is 48.5 Å². The molecule has 422 valence electrons. The molecule has 6 aliphatic rings. The summed E-state index contributed by atoms with van der Waals surface area (Å²) in [4.78, 5) is 30.6. The maximum Gasteiger partial charge on any atom is 0.229 e. The van der Waals surface area contributed by atoms with Gasteiger partial charge < -0.3 is 110 Å². The molecule has 24 nitrogen and oxygen atoms in total. The molecule has 24 heteroatoms. The zero-order valence-corrected chi connectivity index (χ0v) is 41.7. The standard InChI is InChI=1S/C54H62O24/c1-17-9-23-25(37(59)35-19(33(23)51-47(69)43(65)39(61)29(13-55)73-51)5-3-7-27(35)75-53-49(71)45(67)41(63)31(15-57)77-53)11-21(17)22-12-26-24(10-18(22)2)34(52-48(70)44(66)40(62)30(14-56)74-52)20-6-4-8-28(36(20)38(26)60)76-54-50(72)46(68)42(64)32(16-58)78-54/h3-12,29-34,39-58,61-72H,13-16H2,1-2H3/t29-,30-,31-,32-,33?,34?,39-,40-,41-,42-,43+,44+,45+,46+,47-,48-,49-,50-,51+,52+,53-,54-/m1/s1. The van der Waals surface area contributed by atoms with Gasteiger partial charge >= 0.3 is 0 Å². The van der Waals surface area contributed by atoms with Crippen molar-refractivity contribution >= 4 is 11.6 Å². The third-order valence-corrected chi connectivity index (χ3v) is 16.2. The number of ketones is 2. The van der Waals surface area contributed by atoms with Crippen molar-refractivity contribution in [1.29, 1.82) is 0 Å². The Morgan fingerprint density at radius 2 is 0.705 bits per heavy atom. The highest BCUT2D eigenvalue weighted by atomic mass is 16.7. The number of hydrogen-bond donors (Lipinski definition) is 16. The van der Waals surface area contributed by atoms with Crippen molar-refractivity contribution in [2.75, 3.05) is 26.4 Å². The topological polar surface area (TPSA) is 413 Å². The molecule has 78 heavy (non-hydrogen) atoms. The van der Waals surface area contributed by atoms with Crippen LogP contribution >= 0.6 is 0 Å². The van der Waals surface area contributed by atoms with E-state index < -0.39 is 172 Å². The summed E-state index contributed by atoms with van der Waals surface area (Å²) in [5, 5.41) is 172. The van der Waals surface area contributed by atoms with E-state index in [2.05, 4.69) is 0 Å². The van der Waals surface area contributed by atoms with Crippen molar-refractivity contribution < 1.29 is 120 Å². The van der Waals surface area contributed by atoms with Gasteiger partial charge in [-0.2, -0.15) is 0 Å². The Hall–Kier alpha value is -4.98. The quantitative estimate of drug-likeness (QED) is 0.0672. The molecule has 4 aromatic carbocycles. The molecule has 2 aliphatic carbocycles. The Morgan fingerprint density at radius 1 is 0.385 bits per heavy atom. The molecule has 0 amide bonds. The van der Waals surface area contributed by atoms with Gasteiger partial charge in [-0.1, -0.05) is 36.4 Å². The molecule has 0 spiro atoms. The van der Waals surface area contributed by atoms with Crippen LogP contribution in [0.2, 0.25) is 0 Å². The highest BCUT2D eigenvalue weighted by Gasteiger charge is 2.53. The first-order chi connectivity index (χ1) is 37.2. The minimum atomic E-state index is -1.91. The predicted octanol–water partition coefficient (Wildman–Crippen LogP) is -4.63. The van der Waals surface area contributed by atoms with Gasteiger partial charge in [0.15, 0.2) is 11.6 Å². The molecule has 4 aromatic rings.